The number of amides is 1. The van der Waals surface area contributed by atoms with Crippen molar-refractivity contribution in [2.45, 2.75) is 475 Å². The number of carbonyl (C=O) groups is 2. The Hall–Kier alpha value is -1.66. The molecule has 0 saturated heterocycles. The maximum absolute atomic E-state index is 12.6. The van der Waals surface area contributed by atoms with E-state index in [9.17, 15) is 19.8 Å². The predicted molar refractivity (Wildman–Crippen MR) is 389 cm³/mol. The van der Waals surface area contributed by atoms with Crippen molar-refractivity contribution < 1.29 is 24.5 Å². The van der Waals surface area contributed by atoms with E-state index in [4.69, 9.17) is 4.74 Å². The van der Waals surface area contributed by atoms with Gasteiger partial charge >= 0.3 is 5.97 Å². The quantitative estimate of drug-likeness (QED) is 0.0320. The van der Waals surface area contributed by atoms with Crippen LogP contribution in [0, 0.1) is 0 Å². The van der Waals surface area contributed by atoms with Crippen molar-refractivity contribution in [3.05, 3.63) is 24.3 Å². The van der Waals surface area contributed by atoms with Gasteiger partial charge in [0, 0.05) is 12.8 Å². The molecule has 3 N–H and O–H groups in total. The van der Waals surface area contributed by atoms with Gasteiger partial charge in [0.2, 0.25) is 5.91 Å². The van der Waals surface area contributed by atoms with Gasteiger partial charge in [0.25, 0.3) is 0 Å². The second kappa shape index (κ2) is 77.8. The van der Waals surface area contributed by atoms with E-state index in [0.717, 1.165) is 44.9 Å². The number of unbranched alkanes of at least 4 members (excludes halogenated alkanes) is 62. The molecule has 0 rings (SSSR count). The number of esters is 1. The van der Waals surface area contributed by atoms with Gasteiger partial charge in [-0.1, -0.05) is 404 Å². The fourth-order valence-corrected chi connectivity index (χ4v) is 13.0. The van der Waals surface area contributed by atoms with Crippen LogP contribution in [0.4, 0.5) is 0 Å². The minimum atomic E-state index is -0.663. The summed E-state index contributed by atoms with van der Waals surface area (Å²) in [7, 11) is 0. The highest BCUT2D eigenvalue weighted by molar-refractivity contribution is 5.76. The molecule has 0 aliphatic heterocycles. The Morgan fingerprint density at radius 3 is 0.841 bits per heavy atom. The molecule has 2 atom stereocenters. The molecule has 1 amide bonds. The Morgan fingerprint density at radius 2 is 0.545 bits per heavy atom. The van der Waals surface area contributed by atoms with E-state index in [1.807, 2.05) is 0 Å². The molecule has 0 aliphatic rings. The Balaban J connectivity index is 3.35. The monoisotopic (exact) mass is 1240 g/mol. The van der Waals surface area contributed by atoms with Gasteiger partial charge < -0.3 is 20.3 Å². The molecule has 0 aromatic rings. The fourth-order valence-electron chi connectivity index (χ4n) is 13.0. The summed E-state index contributed by atoms with van der Waals surface area (Å²) < 4.78 is 5.47. The normalized spacial score (nSPS) is 12.5. The molecule has 0 aliphatic carbocycles. The van der Waals surface area contributed by atoms with Gasteiger partial charge in [0.05, 0.1) is 25.4 Å². The van der Waals surface area contributed by atoms with Crippen LogP contribution in [0.25, 0.3) is 0 Å². The van der Waals surface area contributed by atoms with Gasteiger partial charge in [0.1, 0.15) is 0 Å². The van der Waals surface area contributed by atoms with Crippen LogP contribution in [0.5, 0.6) is 0 Å². The lowest BCUT2D eigenvalue weighted by molar-refractivity contribution is -0.143. The summed E-state index contributed by atoms with van der Waals surface area (Å²) in [6, 6.07) is -0.540. The van der Waals surface area contributed by atoms with Gasteiger partial charge in [-0.15, -0.1) is 0 Å². The third-order valence-corrected chi connectivity index (χ3v) is 19.2. The molecule has 6 heteroatoms. The first kappa shape index (κ1) is 86.3. The van der Waals surface area contributed by atoms with Gasteiger partial charge in [-0.3, -0.25) is 9.59 Å². The number of carbonyl (C=O) groups excluding carboxylic acids is 2. The molecular weight excluding hydrogens is 1080 g/mol. The highest BCUT2D eigenvalue weighted by Crippen LogP contribution is 2.20. The van der Waals surface area contributed by atoms with Crippen molar-refractivity contribution >= 4 is 11.9 Å². The summed E-state index contributed by atoms with van der Waals surface area (Å²) in [5, 5.41) is 23.5. The topological polar surface area (TPSA) is 95.9 Å². The van der Waals surface area contributed by atoms with Crippen molar-refractivity contribution in [3.8, 4) is 0 Å². The number of aliphatic hydroxyl groups is 2. The Bertz CT molecular complexity index is 1380. The van der Waals surface area contributed by atoms with E-state index < -0.39 is 12.1 Å². The van der Waals surface area contributed by atoms with Crippen molar-refractivity contribution in [3.63, 3.8) is 0 Å². The van der Waals surface area contributed by atoms with Crippen LogP contribution in [0.2, 0.25) is 0 Å². The zero-order chi connectivity index (χ0) is 63.5. The average molecular weight is 1240 g/mol. The molecular formula is C82H159NO5. The van der Waals surface area contributed by atoms with E-state index in [-0.39, 0.29) is 18.5 Å². The van der Waals surface area contributed by atoms with Crippen LogP contribution in [0.1, 0.15) is 463 Å². The molecule has 88 heavy (non-hydrogen) atoms. The smallest absolute Gasteiger partial charge is 0.305 e. The standard InChI is InChI=1S/C82H159NO5/c1-3-5-7-9-11-13-15-16-17-18-19-20-21-33-36-39-42-45-48-51-55-58-62-66-70-74-80(85)79(78-84)83-81(86)75-71-67-63-59-56-52-49-46-43-40-37-34-31-29-27-25-23-22-24-26-28-30-32-35-38-41-44-47-50-53-57-61-65-69-73-77-88-82(87)76-72-68-64-60-54-14-12-10-8-6-4-2/h10,12,24,26,79-80,84-85H,3-9,11,13-23,25,27-78H2,1-2H3,(H,83,86)/b12-10-,26-24-. The Labute approximate surface area is 551 Å². The largest absolute Gasteiger partial charge is 0.466 e. The van der Waals surface area contributed by atoms with Crippen molar-refractivity contribution in [1.29, 1.82) is 0 Å². The highest BCUT2D eigenvalue weighted by atomic mass is 16.5. The van der Waals surface area contributed by atoms with Gasteiger partial charge in [0.15, 0.2) is 0 Å². The van der Waals surface area contributed by atoms with E-state index in [1.165, 1.54) is 385 Å². The maximum atomic E-state index is 12.6. The molecule has 0 aromatic heterocycles. The van der Waals surface area contributed by atoms with Gasteiger partial charge in [-0.05, 0) is 70.6 Å². The Kier molecular flexibility index (Phi) is 76.3. The van der Waals surface area contributed by atoms with Gasteiger partial charge in [-0.25, -0.2) is 0 Å². The van der Waals surface area contributed by atoms with Crippen LogP contribution in [-0.4, -0.2) is 47.4 Å². The van der Waals surface area contributed by atoms with Crippen molar-refractivity contribution in [2.24, 2.45) is 0 Å². The zero-order valence-electron chi connectivity index (χ0n) is 60.0. The number of hydrogen-bond donors (Lipinski definition) is 3. The first-order valence-electron chi connectivity index (χ1n) is 40.6. The van der Waals surface area contributed by atoms with E-state index in [0.29, 0.717) is 25.9 Å². The first-order valence-corrected chi connectivity index (χ1v) is 40.6. The number of rotatable bonds is 77. The van der Waals surface area contributed by atoms with E-state index in [1.54, 1.807) is 0 Å². The molecule has 6 nitrogen and oxygen atoms in total. The molecule has 0 aromatic carbocycles. The van der Waals surface area contributed by atoms with E-state index >= 15 is 0 Å². The number of nitrogens with one attached hydrogen (secondary N) is 1. The lowest BCUT2D eigenvalue weighted by Gasteiger charge is -2.22. The number of aliphatic hydroxyl groups excluding tert-OH is 2. The maximum Gasteiger partial charge on any atom is 0.305 e. The molecule has 0 bridgehead atoms. The second-order valence-electron chi connectivity index (χ2n) is 28.1. The molecule has 0 radical (unpaired) electrons. The third-order valence-electron chi connectivity index (χ3n) is 19.2. The molecule has 0 saturated carbocycles. The summed E-state index contributed by atoms with van der Waals surface area (Å²) in [4.78, 5) is 24.6. The SMILES string of the molecule is CCCC/C=C\CCCCCCCC(=O)OCCCCCCCCCCCCCCCC/C=C\CCCCCCCCCCCCCCCCCCCC(=O)NC(CO)C(O)CCCCCCCCCCCCCCCCCCCCCCCCCCC. The third kappa shape index (κ3) is 73.4. The summed E-state index contributed by atoms with van der Waals surface area (Å²) in [6.07, 6.45) is 100. The lowest BCUT2D eigenvalue weighted by Crippen LogP contribution is -2.45. The first-order chi connectivity index (χ1) is 43.5. The Morgan fingerprint density at radius 1 is 0.307 bits per heavy atom. The predicted octanol–water partition coefficient (Wildman–Crippen LogP) is 26.8. The van der Waals surface area contributed by atoms with Crippen LogP contribution < -0.4 is 5.32 Å². The fraction of sp³-hybridized carbons (Fsp3) is 0.927. The molecule has 2 unspecified atom stereocenters. The zero-order valence-corrected chi connectivity index (χ0v) is 60.0. The molecule has 0 heterocycles. The van der Waals surface area contributed by atoms with Crippen LogP contribution >= 0.6 is 0 Å². The number of hydrogen-bond acceptors (Lipinski definition) is 5. The second-order valence-corrected chi connectivity index (χ2v) is 28.1. The summed E-state index contributed by atoms with van der Waals surface area (Å²) in [5.74, 6) is -0.0154. The number of allylic oxidation sites excluding steroid dienone is 4. The molecule has 0 fully saturated rings. The highest BCUT2D eigenvalue weighted by Gasteiger charge is 2.20. The summed E-state index contributed by atoms with van der Waals surface area (Å²) in [6.45, 7) is 4.97. The van der Waals surface area contributed by atoms with Crippen molar-refractivity contribution in [2.75, 3.05) is 13.2 Å². The van der Waals surface area contributed by atoms with E-state index in [2.05, 4.69) is 43.5 Å². The molecule has 522 valence electrons. The van der Waals surface area contributed by atoms with Crippen LogP contribution in [-0.2, 0) is 14.3 Å². The van der Waals surface area contributed by atoms with Crippen molar-refractivity contribution in [1.82, 2.24) is 5.32 Å². The van der Waals surface area contributed by atoms with Gasteiger partial charge in [-0.2, -0.15) is 0 Å². The lowest BCUT2D eigenvalue weighted by atomic mass is 10.0. The minimum Gasteiger partial charge on any atom is -0.466 e. The van der Waals surface area contributed by atoms with Crippen LogP contribution in [0.15, 0.2) is 24.3 Å². The van der Waals surface area contributed by atoms with Crippen LogP contribution in [0.3, 0.4) is 0 Å². The number of ether oxygens (including phenoxy) is 1. The summed E-state index contributed by atoms with van der Waals surface area (Å²) >= 11 is 0. The summed E-state index contributed by atoms with van der Waals surface area (Å²) in [5.41, 5.74) is 0. The molecule has 0 spiro atoms. The minimum absolute atomic E-state index is 0.00992. The average Bonchev–Trinajstić information content (AvgIpc) is 3.55.